The summed E-state index contributed by atoms with van der Waals surface area (Å²) in [5.41, 5.74) is -0.936. The molecule has 0 bridgehead atoms. The molecule has 1 saturated heterocycles. The van der Waals surface area contributed by atoms with E-state index in [1.807, 2.05) is 27.7 Å². The fourth-order valence-corrected chi connectivity index (χ4v) is 2.31. The van der Waals surface area contributed by atoms with Crippen LogP contribution in [0, 0.1) is 0 Å². The summed E-state index contributed by atoms with van der Waals surface area (Å²) in [5.74, 6) is -1.36. The van der Waals surface area contributed by atoms with Crippen molar-refractivity contribution in [2.24, 2.45) is 0 Å². The summed E-state index contributed by atoms with van der Waals surface area (Å²) in [6.45, 7) is 8.06. The number of urea groups is 1. The Morgan fingerprint density at radius 2 is 1.74 bits per heavy atom. The van der Waals surface area contributed by atoms with Crippen LogP contribution >= 0.6 is 0 Å². The van der Waals surface area contributed by atoms with Gasteiger partial charge in [0.1, 0.15) is 0 Å². The van der Waals surface area contributed by atoms with Crippen LogP contribution in [0.25, 0.3) is 0 Å². The van der Waals surface area contributed by atoms with Gasteiger partial charge in [0.25, 0.3) is 0 Å². The van der Waals surface area contributed by atoms with Gasteiger partial charge in [0.2, 0.25) is 0 Å². The lowest BCUT2D eigenvalue weighted by molar-refractivity contribution is -0.170. The van der Waals surface area contributed by atoms with Gasteiger partial charge in [-0.25, -0.2) is 9.59 Å². The molecule has 1 fully saturated rings. The molecule has 0 saturated carbocycles. The Kier molecular flexibility index (Phi) is 4.42. The minimum Gasteiger partial charge on any atom is -0.479 e. The molecular formula is C12H22N2O5. The van der Waals surface area contributed by atoms with Crippen molar-refractivity contribution in [3.05, 3.63) is 0 Å². The summed E-state index contributed by atoms with van der Waals surface area (Å²) in [7, 11) is 0. The van der Waals surface area contributed by atoms with E-state index in [1.165, 1.54) is 0 Å². The number of amides is 2. The summed E-state index contributed by atoms with van der Waals surface area (Å²) in [5, 5.41) is 20.1. The molecule has 1 aliphatic heterocycles. The van der Waals surface area contributed by atoms with Crippen molar-refractivity contribution in [3.63, 3.8) is 0 Å². The van der Waals surface area contributed by atoms with Crippen LogP contribution in [-0.4, -0.2) is 64.1 Å². The highest BCUT2D eigenvalue weighted by Crippen LogP contribution is 2.27. The van der Waals surface area contributed by atoms with E-state index >= 15 is 0 Å². The van der Waals surface area contributed by atoms with Gasteiger partial charge >= 0.3 is 12.0 Å². The normalized spacial score (nSPS) is 22.7. The fraction of sp³-hybridized carbons (Fsp3) is 0.833. The first-order chi connectivity index (χ1) is 8.52. The Morgan fingerprint density at radius 3 is 2.16 bits per heavy atom. The van der Waals surface area contributed by atoms with Gasteiger partial charge in [-0.15, -0.1) is 0 Å². The largest absolute Gasteiger partial charge is 0.479 e. The Hall–Kier alpha value is -1.34. The van der Waals surface area contributed by atoms with E-state index in [9.17, 15) is 9.59 Å². The smallest absolute Gasteiger partial charge is 0.334 e. The monoisotopic (exact) mass is 274 g/mol. The predicted octanol–water partition coefficient (Wildman–Crippen LogP) is 0.0309. The van der Waals surface area contributed by atoms with E-state index in [4.69, 9.17) is 14.9 Å². The van der Waals surface area contributed by atoms with E-state index in [1.54, 1.807) is 4.90 Å². The molecule has 3 N–H and O–H groups in total. The highest BCUT2D eigenvalue weighted by molar-refractivity contribution is 5.77. The number of carboxylic acids is 1. The van der Waals surface area contributed by atoms with E-state index < -0.39 is 29.3 Å². The molecule has 0 aromatic heterocycles. The van der Waals surface area contributed by atoms with Crippen LogP contribution < -0.4 is 5.32 Å². The number of carboxylic acid groups (broad SMARTS) is 1. The van der Waals surface area contributed by atoms with Gasteiger partial charge in [-0.05, 0) is 27.7 Å². The lowest BCUT2D eigenvalue weighted by Gasteiger charge is -2.47. The van der Waals surface area contributed by atoms with Crippen molar-refractivity contribution >= 4 is 12.0 Å². The van der Waals surface area contributed by atoms with Gasteiger partial charge in [0.05, 0.1) is 30.8 Å². The van der Waals surface area contributed by atoms with Gasteiger partial charge in [-0.2, -0.15) is 0 Å². The lowest BCUT2D eigenvalue weighted by atomic mass is 9.99. The number of ether oxygens (including phenoxy) is 1. The minimum atomic E-state index is -1.59. The Morgan fingerprint density at radius 1 is 1.26 bits per heavy atom. The van der Waals surface area contributed by atoms with E-state index in [2.05, 4.69) is 5.32 Å². The molecule has 1 heterocycles. The van der Waals surface area contributed by atoms with Crippen molar-refractivity contribution in [1.82, 2.24) is 10.2 Å². The molecule has 2 amide bonds. The maximum atomic E-state index is 12.0. The molecule has 0 radical (unpaired) electrons. The van der Waals surface area contributed by atoms with Gasteiger partial charge in [-0.1, -0.05) is 0 Å². The molecule has 7 heteroatoms. The summed E-state index contributed by atoms with van der Waals surface area (Å²) < 4.78 is 5.84. The first kappa shape index (κ1) is 15.7. The topological polar surface area (TPSA) is 99.1 Å². The minimum absolute atomic E-state index is 0.313. The maximum Gasteiger partial charge on any atom is 0.334 e. The number of aliphatic hydroxyl groups is 1. The second-order valence-corrected chi connectivity index (χ2v) is 6.02. The number of carbonyl (C=O) groups excluding carboxylic acids is 1. The second-order valence-electron chi connectivity index (χ2n) is 6.02. The number of aliphatic hydroxyl groups excluding tert-OH is 1. The third-order valence-electron chi connectivity index (χ3n) is 2.71. The molecule has 1 atom stereocenters. The third kappa shape index (κ3) is 4.68. The zero-order valence-corrected chi connectivity index (χ0v) is 11.8. The van der Waals surface area contributed by atoms with Crippen molar-refractivity contribution in [1.29, 1.82) is 0 Å². The van der Waals surface area contributed by atoms with Crippen LogP contribution in [0.4, 0.5) is 4.79 Å². The summed E-state index contributed by atoms with van der Waals surface area (Å²) in [6.07, 6.45) is -1.59. The average Bonchev–Trinajstić information content (AvgIpc) is 2.20. The number of morpholine rings is 1. The van der Waals surface area contributed by atoms with Crippen molar-refractivity contribution in [2.75, 3.05) is 19.6 Å². The van der Waals surface area contributed by atoms with Crippen molar-refractivity contribution < 1.29 is 24.5 Å². The lowest BCUT2D eigenvalue weighted by Crippen LogP contribution is -2.60. The molecular weight excluding hydrogens is 252 g/mol. The first-order valence-corrected chi connectivity index (χ1v) is 6.16. The number of hydrogen-bond donors (Lipinski definition) is 3. The Labute approximate surface area is 112 Å². The maximum absolute atomic E-state index is 12.0. The van der Waals surface area contributed by atoms with Crippen LogP contribution in [0.15, 0.2) is 0 Å². The second kappa shape index (κ2) is 5.34. The fourth-order valence-electron chi connectivity index (χ4n) is 2.31. The quantitative estimate of drug-likeness (QED) is 0.674. The molecule has 1 rings (SSSR count). The predicted molar refractivity (Wildman–Crippen MR) is 67.9 cm³/mol. The van der Waals surface area contributed by atoms with Crippen molar-refractivity contribution in [2.45, 2.75) is 45.0 Å². The zero-order valence-electron chi connectivity index (χ0n) is 11.8. The average molecular weight is 274 g/mol. The molecule has 0 aromatic rings. The summed E-state index contributed by atoms with van der Waals surface area (Å²) in [6, 6.07) is -0.398. The van der Waals surface area contributed by atoms with E-state index in [0.29, 0.717) is 13.1 Å². The number of nitrogens with zero attached hydrogens (tertiary/aromatic N) is 1. The molecule has 0 unspecified atom stereocenters. The van der Waals surface area contributed by atoms with Crippen LogP contribution in [0.5, 0.6) is 0 Å². The first-order valence-electron chi connectivity index (χ1n) is 6.16. The highest BCUT2D eigenvalue weighted by Gasteiger charge is 2.40. The highest BCUT2D eigenvalue weighted by atomic mass is 16.5. The molecule has 1 aliphatic rings. The molecule has 0 aliphatic carbocycles. The van der Waals surface area contributed by atoms with Crippen molar-refractivity contribution in [3.8, 4) is 0 Å². The van der Waals surface area contributed by atoms with E-state index in [0.717, 1.165) is 0 Å². The Balaban J connectivity index is 2.59. The third-order valence-corrected chi connectivity index (χ3v) is 2.71. The van der Waals surface area contributed by atoms with Gasteiger partial charge in [0, 0.05) is 0 Å². The van der Waals surface area contributed by atoms with Gasteiger partial charge < -0.3 is 25.2 Å². The molecule has 0 aromatic carbocycles. The number of aliphatic carboxylic acids is 1. The standard InChI is InChI=1S/C12H22N2O5/c1-11(2)6-14(7-12(3,4)19-11)10(18)13-5-8(15)9(16)17/h8,15H,5-7H2,1-4H3,(H,13,18)(H,16,17)/t8-/m0/s1. The van der Waals surface area contributed by atoms with Gasteiger partial charge in [-0.3, -0.25) is 0 Å². The van der Waals surface area contributed by atoms with Gasteiger partial charge in [0.15, 0.2) is 6.10 Å². The molecule has 19 heavy (non-hydrogen) atoms. The van der Waals surface area contributed by atoms with E-state index in [-0.39, 0.29) is 6.54 Å². The summed E-state index contributed by atoms with van der Waals surface area (Å²) in [4.78, 5) is 24.0. The molecule has 110 valence electrons. The molecule has 7 nitrogen and oxygen atoms in total. The van der Waals surface area contributed by atoms with Crippen LogP contribution in [0.1, 0.15) is 27.7 Å². The van der Waals surface area contributed by atoms with Crippen LogP contribution in [0.3, 0.4) is 0 Å². The molecule has 0 spiro atoms. The number of carbonyl (C=O) groups is 2. The number of rotatable bonds is 3. The van der Waals surface area contributed by atoms with Crippen LogP contribution in [0.2, 0.25) is 0 Å². The zero-order chi connectivity index (χ0) is 14.8. The summed E-state index contributed by atoms with van der Waals surface area (Å²) >= 11 is 0. The number of hydrogen-bond acceptors (Lipinski definition) is 4. The number of nitrogens with one attached hydrogen (secondary N) is 1. The Bertz CT molecular complexity index is 351. The van der Waals surface area contributed by atoms with Crippen LogP contribution in [-0.2, 0) is 9.53 Å². The SMILES string of the molecule is CC1(C)CN(C(=O)NC[C@H](O)C(=O)O)CC(C)(C)O1.